The molecule has 0 spiro atoms. The van der Waals surface area contributed by atoms with E-state index in [4.69, 9.17) is 32.3 Å². The Morgan fingerprint density at radius 1 is 0.244 bits per heavy atom. The molecule has 0 saturated heterocycles. The zero-order valence-electron chi connectivity index (χ0n) is 75.0. The van der Waals surface area contributed by atoms with Crippen molar-refractivity contribution in [1.82, 2.24) is 0 Å². The van der Waals surface area contributed by atoms with Crippen LogP contribution in [0.3, 0.4) is 0 Å². The van der Waals surface area contributed by atoms with Gasteiger partial charge in [-0.1, -0.05) is 383 Å². The van der Waals surface area contributed by atoms with Crippen LogP contribution in [0.2, 0.25) is 0 Å². The van der Waals surface area contributed by atoms with Crippen LogP contribution in [0.4, 0.5) is 0 Å². The number of aliphatic hydroxyl groups excluding tert-OH is 2. The molecule has 5 unspecified atom stereocenters. The van der Waals surface area contributed by atoms with Crippen molar-refractivity contribution in [3.63, 3.8) is 0 Å². The molecule has 0 aliphatic rings. The van der Waals surface area contributed by atoms with E-state index in [2.05, 4.69) is 203 Å². The normalized spacial score (nSPS) is 14.6. The molecule has 0 aromatic rings. The van der Waals surface area contributed by atoms with Crippen molar-refractivity contribution in [3.05, 3.63) is 182 Å². The molecule has 0 radical (unpaired) electrons. The standard InChI is InChI=1S/C101H170O16P2/c1-4-7-10-13-16-19-22-25-28-31-34-37-39-41-43-45-46-47-48-50-52-53-55-58-60-63-66-69-72-75-78-81-84-87-99(104)111-90-96(102)91-113-118(107,108)114-92-97(103)93-115-119(109,110)116-95-98(117-101(106)89-86-83-80-77-74-71-68-65-62-57-36-33-30-27-24-21-18-15-12-9-6-3)94-112-100(105)88-85-82-79-76-73-70-67-64-61-59-56-54-51-49-44-42-40-38-35-32-29-26-23-20-17-14-11-8-5-2/h8-9,11-12,16-21,25-30,34-38,41-44,51,54,57,65,68,96-98,102-103H,4-7,10,13-15,22-24,31-33,39-40,45-50,52-53,55-56,58-64,66-67,69-95H2,1-3H3,(H,107,108)(H,109,110)/b11-8-,12-9-,19-16-,20-17-,21-18-,28-25-,29-26-,30-27-,37-34-,38-35-,43-41-,44-42-,54-51-,57-36-,68-65-. The lowest BCUT2D eigenvalue weighted by molar-refractivity contribution is -0.161. The van der Waals surface area contributed by atoms with Crippen LogP contribution < -0.4 is 0 Å². The monoisotopic (exact) mass is 1700 g/mol. The third-order valence-electron chi connectivity index (χ3n) is 19.6. The van der Waals surface area contributed by atoms with Gasteiger partial charge in [0.15, 0.2) is 6.10 Å². The van der Waals surface area contributed by atoms with Crippen molar-refractivity contribution < 1.29 is 75.8 Å². The molecule has 18 heteroatoms. The predicted octanol–water partition coefficient (Wildman–Crippen LogP) is 29.2. The highest BCUT2D eigenvalue weighted by molar-refractivity contribution is 7.47. The van der Waals surface area contributed by atoms with Crippen molar-refractivity contribution in [1.29, 1.82) is 0 Å². The number of phosphoric ester groups is 2. The quantitative estimate of drug-likeness (QED) is 0.0146. The molecule has 0 fully saturated rings. The summed E-state index contributed by atoms with van der Waals surface area (Å²) in [6, 6.07) is 0. The predicted molar refractivity (Wildman–Crippen MR) is 500 cm³/mol. The number of rotatable bonds is 88. The number of carbonyl (C=O) groups is 3. The van der Waals surface area contributed by atoms with Crippen LogP contribution in [0.1, 0.15) is 380 Å². The summed E-state index contributed by atoms with van der Waals surface area (Å²) in [7, 11) is -9.82. The Morgan fingerprint density at radius 2 is 0.445 bits per heavy atom. The van der Waals surface area contributed by atoms with Gasteiger partial charge in [0, 0.05) is 19.3 Å². The van der Waals surface area contributed by atoms with Crippen LogP contribution >= 0.6 is 15.6 Å². The van der Waals surface area contributed by atoms with Gasteiger partial charge in [0.1, 0.15) is 25.4 Å². The molecular formula is C101H170O16P2. The number of hydrogen-bond acceptors (Lipinski definition) is 14. The minimum atomic E-state index is -4.95. The molecule has 0 aliphatic heterocycles. The second-order valence-corrected chi connectivity index (χ2v) is 34.0. The number of carbonyl (C=O) groups excluding carboxylic acids is 3. The average Bonchev–Trinajstić information content (AvgIpc) is 0.903. The van der Waals surface area contributed by atoms with E-state index in [1.165, 1.54) is 148 Å². The van der Waals surface area contributed by atoms with Crippen LogP contribution in [0.25, 0.3) is 0 Å². The first-order valence-corrected chi connectivity index (χ1v) is 50.1. The van der Waals surface area contributed by atoms with Crippen molar-refractivity contribution >= 4 is 33.6 Å². The second kappa shape index (κ2) is 91.8. The fraction of sp³-hybridized carbons (Fsp3) is 0.673. The summed E-state index contributed by atoms with van der Waals surface area (Å²) in [5, 5.41) is 20.7. The average molecular weight is 1700 g/mol. The van der Waals surface area contributed by atoms with Gasteiger partial charge >= 0.3 is 33.6 Å². The first-order chi connectivity index (χ1) is 58.2. The van der Waals surface area contributed by atoms with Gasteiger partial charge < -0.3 is 34.2 Å². The zero-order valence-corrected chi connectivity index (χ0v) is 76.8. The van der Waals surface area contributed by atoms with E-state index in [0.717, 1.165) is 173 Å². The van der Waals surface area contributed by atoms with Gasteiger partial charge in [-0.05, 0) is 161 Å². The lowest BCUT2D eigenvalue weighted by atomic mass is 10.0. The summed E-state index contributed by atoms with van der Waals surface area (Å²) in [6.07, 6.45) is 121. The van der Waals surface area contributed by atoms with Crippen LogP contribution in [0.5, 0.6) is 0 Å². The van der Waals surface area contributed by atoms with Crippen LogP contribution in [-0.2, 0) is 55.8 Å². The van der Waals surface area contributed by atoms with Crippen LogP contribution in [0.15, 0.2) is 182 Å². The van der Waals surface area contributed by atoms with Gasteiger partial charge in [-0.15, -0.1) is 0 Å². The summed E-state index contributed by atoms with van der Waals surface area (Å²) < 4.78 is 61.5. The number of allylic oxidation sites excluding steroid dienone is 30. The molecule has 0 amide bonds. The number of unbranched alkanes of at least 4 members (excludes halogenated alkanes) is 35. The number of aliphatic hydroxyl groups is 2. The molecule has 0 bridgehead atoms. The van der Waals surface area contributed by atoms with E-state index in [0.29, 0.717) is 19.3 Å². The molecule has 0 aromatic carbocycles. The summed E-state index contributed by atoms with van der Waals surface area (Å²) in [6.45, 7) is 2.43. The Labute approximate surface area is 725 Å². The molecule has 16 nitrogen and oxygen atoms in total. The van der Waals surface area contributed by atoms with Gasteiger partial charge in [-0.3, -0.25) is 32.5 Å². The van der Waals surface area contributed by atoms with Gasteiger partial charge in [-0.2, -0.15) is 0 Å². The zero-order chi connectivity index (χ0) is 86.5. The van der Waals surface area contributed by atoms with Crippen molar-refractivity contribution in [2.75, 3.05) is 39.6 Å². The van der Waals surface area contributed by atoms with Gasteiger partial charge in [0.2, 0.25) is 0 Å². The Kier molecular flexibility index (Phi) is 87.7. The molecule has 0 aliphatic carbocycles. The highest BCUT2D eigenvalue weighted by Crippen LogP contribution is 2.45. The highest BCUT2D eigenvalue weighted by atomic mass is 31.2. The van der Waals surface area contributed by atoms with Crippen LogP contribution in [0, 0.1) is 0 Å². The highest BCUT2D eigenvalue weighted by Gasteiger charge is 2.29. The number of phosphoric acid groups is 2. The maximum Gasteiger partial charge on any atom is 0.472 e. The third kappa shape index (κ3) is 93.2. The van der Waals surface area contributed by atoms with Crippen molar-refractivity contribution in [2.45, 2.75) is 399 Å². The van der Waals surface area contributed by atoms with Crippen molar-refractivity contribution in [2.24, 2.45) is 0 Å². The number of hydrogen-bond donors (Lipinski definition) is 4. The largest absolute Gasteiger partial charge is 0.472 e. The van der Waals surface area contributed by atoms with E-state index < -0.39 is 91.5 Å². The first kappa shape index (κ1) is 114. The van der Waals surface area contributed by atoms with E-state index >= 15 is 0 Å². The maximum atomic E-state index is 13.1. The molecule has 4 N–H and O–H groups in total. The third-order valence-corrected chi connectivity index (χ3v) is 21.5. The molecule has 5 atom stereocenters. The van der Waals surface area contributed by atoms with E-state index in [9.17, 15) is 43.5 Å². The minimum Gasteiger partial charge on any atom is -0.463 e. The molecule has 0 saturated carbocycles. The van der Waals surface area contributed by atoms with E-state index in [1.54, 1.807) is 0 Å². The molecule has 680 valence electrons. The maximum absolute atomic E-state index is 13.1. The first-order valence-electron chi connectivity index (χ1n) is 47.1. The van der Waals surface area contributed by atoms with E-state index in [-0.39, 0.29) is 19.3 Å². The topological polar surface area (TPSA) is 231 Å². The summed E-state index contributed by atoms with van der Waals surface area (Å²) in [5.41, 5.74) is 0. The minimum absolute atomic E-state index is 0.0757. The van der Waals surface area contributed by atoms with Gasteiger partial charge in [0.05, 0.1) is 26.4 Å². The Hall–Kier alpha value is -5.35. The summed E-state index contributed by atoms with van der Waals surface area (Å²) in [4.78, 5) is 59.0. The molecular weight excluding hydrogens is 1530 g/mol. The Balaban J connectivity index is 4.59. The Morgan fingerprint density at radius 3 is 0.706 bits per heavy atom. The summed E-state index contributed by atoms with van der Waals surface area (Å²) in [5.74, 6) is -1.60. The SMILES string of the molecule is CC/C=C\C/C=C\C/C=C\C/C=C\C/C=C\C/C=C\CCCCCCCCCCCCC(=O)OCC(COP(=O)(O)OCC(O)COP(=O)(O)OCC(O)COC(=O)CCCCCCCCCCCCCCCCCCC/C=C\C/C=C\C/C=C\C/C=C\CCCCC)OC(=O)CCCCCCC/C=C\C/C=C\C/C=C\C/C=C\C/C=C\CC. The van der Waals surface area contributed by atoms with Crippen LogP contribution in [-0.4, -0.2) is 95.9 Å². The van der Waals surface area contributed by atoms with Gasteiger partial charge in [-0.25, -0.2) is 9.13 Å². The smallest absolute Gasteiger partial charge is 0.463 e. The second-order valence-electron chi connectivity index (χ2n) is 31.0. The number of ether oxygens (including phenoxy) is 3. The van der Waals surface area contributed by atoms with Crippen molar-refractivity contribution in [3.8, 4) is 0 Å². The lowest BCUT2D eigenvalue weighted by Crippen LogP contribution is -2.30. The molecule has 0 heterocycles. The number of esters is 3. The molecule has 0 rings (SSSR count). The lowest BCUT2D eigenvalue weighted by Gasteiger charge is -2.21. The van der Waals surface area contributed by atoms with E-state index in [1.807, 2.05) is 0 Å². The van der Waals surface area contributed by atoms with Gasteiger partial charge in [0.25, 0.3) is 0 Å². The fourth-order valence-corrected chi connectivity index (χ4v) is 14.1. The Bertz CT molecular complexity index is 2890. The molecule has 0 aromatic heterocycles. The fourth-order valence-electron chi connectivity index (χ4n) is 12.5. The molecule has 119 heavy (non-hydrogen) atoms. The summed E-state index contributed by atoms with van der Waals surface area (Å²) >= 11 is 0.